The van der Waals surface area contributed by atoms with E-state index in [1.807, 2.05) is 26.8 Å². The fourth-order valence-electron chi connectivity index (χ4n) is 0.996. The van der Waals surface area contributed by atoms with Gasteiger partial charge in [-0.2, -0.15) is 5.26 Å². The van der Waals surface area contributed by atoms with E-state index in [9.17, 15) is 4.79 Å². The normalized spacial score (nSPS) is 10.7. The number of carbonyl (C=O) groups is 1. The van der Waals surface area contributed by atoms with Crippen LogP contribution in [0.1, 0.15) is 26.3 Å². The molecule has 0 fully saturated rings. The Morgan fingerprint density at radius 2 is 2.06 bits per heavy atom. The number of amides is 1. The molecule has 1 aromatic rings. The van der Waals surface area contributed by atoms with E-state index in [1.165, 1.54) is 0 Å². The van der Waals surface area contributed by atoms with E-state index in [2.05, 4.69) is 21.2 Å². The minimum absolute atomic E-state index is 0.0575. The maximum Gasteiger partial charge on any atom is 0.229 e. The van der Waals surface area contributed by atoms with Gasteiger partial charge in [0.05, 0.1) is 17.3 Å². The molecule has 4 heteroatoms. The minimum atomic E-state index is -0.437. The van der Waals surface area contributed by atoms with E-state index in [0.717, 1.165) is 0 Å². The number of rotatable bonds is 1. The van der Waals surface area contributed by atoms with Gasteiger partial charge in [0.1, 0.15) is 0 Å². The summed E-state index contributed by atoms with van der Waals surface area (Å²) in [6, 6.07) is 7.10. The first-order chi connectivity index (χ1) is 7.34. The van der Waals surface area contributed by atoms with Crippen molar-refractivity contribution < 1.29 is 4.79 Å². The summed E-state index contributed by atoms with van der Waals surface area (Å²) in [5.74, 6) is -0.0575. The highest BCUT2D eigenvalue weighted by molar-refractivity contribution is 9.10. The van der Waals surface area contributed by atoms with Gasteiger partial charge in [-0.15, -0.1) is 0 Å². The third-order valence-electron chi connectivity index (χ3n) is 2.03. The molecule has 0 aromatic heterocycles. The Morgan fingerprint density at radius 1 is 1.44 bits per heavy atom. The van der Waals surface area contributed by atoms with Gasteiger partial charge in [-0.25, -0.2) is 0 Å². The molecule has 1 rings (SSSR count). The Balaban J connectivity index is 2.92. The van der Waals surface area contributed by atoms with Crippen molar-refractivity contribution in [2.24, 2.45) is 5.41 Å². The number of nitriles is 1. The first-order valence-electron chi connectivity index (χ1n) is 4.85. The zero-order chi connectivity index (χ0) is 12.3. The lowest BCUT2D eigenvalue weighted by molar-refractivity contribution is -0.123. The van der Waals surface area contributed by atoms with Gasteiger partial charge in [-0.1, -0.05) is 20.8 Å². The van der Waals surface area contributed by atoms with E-state index in [1.54, 1.807) is 18.2 Å². The summed E-state index contributed by atoms with van der Waals surface area (Å²) in [5, 5.41) is 11.5. The SMILES string of the molecule is CC(C)(C)C(=O)Nc1ccc(C#N)cc1Br. The van der Waals surface area contributed by atoms with Gasteiger partial charge in [-0.3, -0.25) is 4.79 Å². The summed E-state index contributed by atoms with van der Waals surface area (Å²) in [5.41, 5.74) is 0.799. The van der Waals surface area contributed by atoms with Crippen LogP contribution in [0.25, 0.3) is 0 Å². The number of halogens is 1. The molecule has 0 saturated carbocycles. The van der Waals surface area contributed by atoms with Crippen LogP contribution in [0, 0.1) is 16.7 Å². The summed E-state index contributed by atoms with van der Waals surface area (Å²) >= 11 is 3.32. The van der Waals surface area contributed by atoms with Crippen LogP contribution in [-0.4, -0.2) is 5.91 Å². The van der Waals surface area contributed by atoms with Crippen LogP contribution in [0.3, 0.4) is 0 Å². The molecule has 0 saturated heterocycles. The third kappa shape index (κ3) is 3.07. The molecular formula is C12H13BrN2O. The van der Waals surface area contributed by atoms with Gasteiger partial charge in [0.25, 0.3) is 0 Å². The Kier molecular flexibility index (Phi) is 3.71. The largest absolute Gasteiger partial charge is 0.325 e. The average molecular weight is 281 g/mol. The van der Waals surface area contributed by atoms with Crippen molar-refractivity contribution in [2.45, 2.75) is 20.8 Å². The van der Waals surface area contributed by atoms with Crippen LogP contribution in [-0.2, 0) is 4.79 Å². The van der Waals surface area contributed by atoms with E-state index >= 15 is 0 Å². The van der Waals surface area contributed by atoms with Crippen molar-refractivity contribution in [3.05, 3.63) is 28.2 Å². The van der Waals surface area contributed by atoms with Gasteiger partial charge in [0.2, 0.25) is 5.91 Å². The van der Waals surface area contributed by atoms with E-state index in [-0.39, 0.29) is 5.91 Å². The number of nitrogens with one attached hydrogen (secondary N) is 1. The molecule has 0 radical (unpaired) electrons. The van der Waals surface area contributed by atoms with Gasteiger partial charge in [-0.05, 0) is 34.1 Å². The highest BCUT2D eigenvalue weighted by Crippen LogP contribution is 2.25. The van der Waals surface area contributed by atoms with Crippen molar-refractivity contribution in [2.75, 3.05) is 5.32 Å². The maximum atomic E-state index is 11.7. The van der Waals surface area contributed by atoms with Crippen LogP contribution >= 0.6 is 15.9 Å². The number of hydrogen-bond acceptors (Lipinski definition) is 2. The van der Waals surface area contributed by atoms with Crippen molar-refractivity contribution >= 4 is 27.5 Å². The predicted molar refractivity (Wildman–Crippen MR) is 66.9 cm³/mol. The maximum absolute atomic E-state index is 11.7. The Bertz CT molecular complexity index is 455. The first kappa shape index (κ1) is 12.7. The fraction of sp³-hybridized carbons (Fsp3) is 0.333. The van der Waals surface area contributed by atoms with Crippen LogP contribution in [0.4, 0.5) is 5.69 Å². The van der Waals surface area contributed by atoms with Gasteiger partial charge < -0.3 is 5.32 Å². The van der Waals surface area contributed by atoms with Gasteiger partial charge >= 0.3 is 0 Å². The number of benzene rings is 1. The molecule has 0 aliphatic carbocycles. The molecule has 0 atom stereocenters. The second kappa shape index (κ2) is 4.67. The fourth-order valence-corrected chi connectivity index (χ4v) is 1.47. The van der Waals surface area contributed by atoms with Gasteiger partial charge in [0.15, 0.2) is 0 Å². The van der Waals surface area contributed by atoms with Crippen molar-refractivity contribution in [3.8, 4) is 6.07 Å². The van der Waals surface area contributed by atoms with Crippen molar-refractivity contribution in [1.82, 2.24) is 0 Å². The lowest BCUT2D eigenvalue weighted by Crippen LogP contribution is -2.27. The molecule has 3 nitrogen and oxygen atoms in total. The quantitative estimate of drug-likeness (QED) is 0.858. The molecule has 84 valence electrons. The highest BCUT2D eigenvalue weighted by Gasteiger charge is 2.21. The lowest BCUT2D eigenvalue weighted by Gasteiger charge is -2.18. The summed E-state index contributed by atoms with van der Waals surface area (Å²) in [6.45, 7) is 5.54. The lowest BCUT2D eigenvalue weighted by atomic mass is 9.95. The van der Waals surface area contributed by atoms with Crippen LogP contribution in [0.15, 0.2) is 22.7 Å². The topological polar surface area (TPSA) is 52.9 Å². The van der Waals surface area contributed by atoms with E-state index in [0.29, 0.717) is 15.7 Å². The molecule has 0 aliphatic rings. The molecule has 0 unspecified atom stereocenters. The Morgan fingerprint density at radius 3 is 2.50 bits per heavy atom. The summed E-state index contributed by atoms with van der Waals surface area (Å²) in [7, 11) is 0. The molecule has 0 heterocycles. The molecule has 0 aliphatic heterocycles. The Hall–Kier alpha value is -1.34. The van der Waals surface area contributed by atoms with Crippen molar-refractivity contribution in [3.63, 3.8) is 0 Å². The standard InChI is InChI=1S/C12H13BrN2O/c1-12(2,3)11(16)15-10-5-4-8(7-14)6-9(10)13/h4-6H,1-3H3,(H,15,16). The average Bonchev–Trinajstić information content (AvgIpc) is 2.19. The monoisotopic (exact) mass is 280 g/mol. The second-order valence-corrected chi connectivity index (χ2v) is 5.36. The Labute approximate surface area is 104 Å². The number of nitrogens with zero attached hydrogens (tertiary/aromatic N) is 1. The summed E-state index contributed by atoms with van der Waals surface area (Å²) in [4.78, 5) is 11.7. The molecule has 1 N–H and O–H groups in total. The van der Waals surface area contributed by atoms with Gasteiger partial charge in [0, 0.05) is 9.89 Å². The van der Waals surface area contributed by atoms with E-state index < -0.39 is 5.41 Å². The molecule has 1 amide bonds. The molecular weight excluding hydrogens is 268 g/mol. The van der Waals surface area contributed by atoms with Crippen LogP contribution in [0.5, 0.6) is 0 Å². The second-order valence-electron chi connectivity index (χ2n) is 4.51. The third-order valence-corrected chi connectivity index (χ3v) is 2.68. The molecule has 16 heavy (non-hydrogen) atoms. The molecule has 0 bridgehead atoms. The highest BCUT2D eigenvalue weighted by atomic mass is 79.9. The summed E-state index contributed by atoms with van der Waals surface area (Å²) < 4.78 is 0.712. The smallest absolute Gasteiger partial charge is 0.229 e. The zero-order valence-electron chi connectivity index (χ0n) is 9.47. The van der Waals surface area contributed by atoms with Crippen molar-refractivity contribution in [1.29, 1.82) is 5.26 Å². The molecule has 0 spiro atoms. The predicted octanol–water partition coefficient (Wildman–Crippen LogP) is 3.31. The number of anilines is 1. The minimum Gasteiger partial charge on any atom is -0.325 e. The zero-order valence-corrected chi connectivity index (χ0v) is 11.1. The van der Waals surface area contributed by atoms with Crippen LogP contribution in [0.2, 0.25) is 0 Å². The van der Waals surface area contributed by atoms with E-state index in [4.69, 9.17) is 5.26 Å². The van der Waals surface area contributed by atoms with Crippen LogP contribution < -0.4 is 5.32 Å². The molecule has 1 aromatic carbocycles. The number of hydrogen-bond donors (Lipinski definition) is 1. The summed E-state index contributed by atoms with van der Waals surface area (Å²) in [6.07, 6.45) is 0. The first-order valence-corrected chi connectivity index (χ1v) is 5.65. The number of carbonyl (C=O) groups excluding carboxylic acids is 1.